The molecule has 0 spiro atoms. The SMILES string of the molecule is Cc1cc(Br)c(F)c2c1NCCC2. The first-order valence-corrected chi connectivity index (χ1v) is 5.21. The molecule has 3 heteroatoms. The Balaban J connectivity index is 2.63. The van der Waals surface area contributed by atoms with E-state index in [1.54, 1.807) is 0 Å². The fourth-order valence-electron chi connectivity index (χ4n) is 1.78. The first-order valence-electron chi connectivity index (χ1n) is 4.41. The summed E-state index contributed by atoms with van der Waals surface area (Å²) in [6.07, 6.45) is 1.86. The van der Waals surface area contributed by atoms with E-state index < -0.39 is 0 Å². The average Bonchev–Trinajstić information content (AvgIpc) is 2.15. The van der Waals surface area contributed by atoms with Gasteiger partial charge in [-0.3, -0.25) is 0 Å². The van der Waals surface area contributed by atoms with Gasteiger partial charge in [0, 0.05) is 17.8 Å². The quantitative estimate of drug-likeness (QED) is 0.738. The van der Waals surface area contributed by atoms with Gasteiger partial charge in [0.25, 0.3) is 0 Å². The molecule has 0 bridgehead atoms. The first-order chi connectivity index (χ1) is 6.20. The average molecular weight is 244 g/mol. The van der Waals surface area contributed by atoms with Crippen molar-refractivity contribution in [3.63, 3.8) is 0 Å². The Morgan fingerprint density at radius 3 is 3.08 bits per heavy atom. The minimum absolute atomic E-state index is 0.104. The number of rotatable bonds is 0. The van der Waals surface area contributed by atoms with Crippen LogP contribution in [-0.4, -0.2) is 6.54 Å². The molecule has 0 saturated heterocycles. The van der Waals surface area contributed by atoms with Crippen LogP contribution < -0.4 is 5.32 Å². The van der Waals surface area contributed by atoms with Gasteiger partial charge >= 0.3 is 0 Å². The van der Waals surface area contributed by atoms with Gasteiger partial charge in [0.2, 0.25) is 0 Å². The molecule has 0 aliphatic carbocycles. The van der Waals surface area contributed by atoms with Crippen molar-refractivity contribution in [2.45, 2.75) is 19.8 Å². The molecule has 13 heavy (non-hydrogen) atoms. The Labute approximate surface area is 85.5 Å². The smallest absolute Gasteiger partial charge is 0.142 e. The van der Waals surface area contributed by atoms with E-state index in [-0.39, 0.29) is 5.82 Å². The zero-order valence-electron chi connectivity index (χ0n) is 7.45. The second-order valence-corrected chi connectivity index (χ2v) is 4.23. The maximum absolute atomic E-state index is 13.6. The van der Waals surface area contributed by atoms with Crippen molar-refractivity contribution in [3.05, 3.63) is 27.5 Å². The second-order valence-electron chi connectivity index (χ2n) is 3.37. The fraction of sp³-hybridized carbons (Fsp3) is 0.400. The highest BCUT2D eigenvalue weighted by atomic mass is 79.9. The molecule has 1 aliphatic heterocycles. The molecule has 70 valence electrons. The summed E-state index contributed by atoms with van der Waals surface area (Å²) in [4.78, 5) is 0. The summed E-state index contributed by atoms with van der Waals surface area (Å²) in [5.74, 6) is -0.104. The number of fused-ring (bicyclic) bond motifs is 1. The number of halogens is 2. The van der Waals surface area contributed by atoms with Gasteiger partial charge < -0.3 is 5.32 Å². The zero-order valence-corrected chi connectivity index (χ0v) is 9.04. The number of hydrogen-bond donors (Lipinski definition) is 1. The summed E-state index contributed by atoms with van der Waals surface area (Å²) in [5.41, 5.74) is 2.94. The second kappa shape index (κ2) is 3.29. The van der Waals surface area contributed by atoms with Crippen LogP contribution in [0.25, 0.3) is 0 Å². The maximum Gasteiger partial charge on any atom is 0.142 e. The number of nitrogens with one attached hydrogen (secondary N) is 1. The molecule has 1 nitrogen and oxygen atoms in total. The molecule has 1 aromatic rings. The number of benzene rings is 1. The van der Waals surface area contributed by atoms with E-state index in [1.807, 2.05) is 13.0 Å². The Hall–Kier alpha value is -0.570. The highest BCUT2D eigenvalue weighted by Crippen LogP contribution is 2.32. The van der Waals surface area contributed by atoms with Crippen LogP contribution in [0.4, 0.5) is 10.1 Å². The number of hydrogen-bond acceptors (Lipinski definition) is 1. The van der Waals surface area contributed by atoms with Crippen molar-refractivity contribution < 1.29 is 4.39 Å². The van der Waals surface area contributed by atoms with Crippen LogP contribution in [-0.2, 0) is 6.42 Å². The first kappa shape index (κ1) is 9.00. The Morgan fingerprint density at radius 1 is 1.54 bits per heavy atom. The van der Waals surface area contributed by atoms with E-state index in [1.165, 1.54) is 0 Å². The molecule has 1 aromatic carbocycles. The molecule has 1 heterocycles. The van der Waals surface area contributed by atoms with E-state index in [4.69, 9.17) is 0 Å². The minimum Gasteiger partial charge on any atom is -0.385 e. The Kier molecular flexibility index (Phi) is 2.28. The van der Waals surface area contributed by atoms with Crippen LogP contribution in [0.2, 0.25) is 0 Å². The molecule has 0 fully saturated rings. The molecular weight excluding hydrogens is 233 g/mol. The van der Waals surface area contributed by atoms with E-state index in [9.17, 15) is 4.39 Å². The minimum atomic E-state index is -0.104. The third-order valence-corrected chi connectivity index (χ3v) is 3.00. The summed E-state index contributed by atoms with van der Waals surface area (Å²) in [5, 5.41) is 3.24. The van der Waals surface area contributed by atoms with Gasteiger partial charge in [-0.1, -0.05) is 0 Å². The molecular formula is C10H11BrFN. The Bertz CT molecular complexity index is 349. The molecule has 0 atom stereocenters. The summed E-state index contributed by atoms with van der Waals surface area (Å²) in [6.45, 7) is 2.95. The van der Waals surface area contributed by atoms with Gasteiger partial charge in [-0.2, -0.15) is 0 Å². The lowest BCUT2D eigenvalue weighted by atomic mass is 9.99. The van der Waals surface area contributed by atoms with Crippen molar-refractivity contribution in [3.8, 4) is 0 Å². The molecule has 0 amide bonds. The van der Waals surface area contributed by atoms with Crippen LogP contribution >= 0.6 is 15.9 Å². The van der Waals surface area contributed by atoms with Crippen molar-refractivity contribution in [1.29, 1.82) is 0 Å². The van der Waals surface area contributed by atoms with E-state index in [0.29, 0.717) is 4.47 Å². The highest BCUT2D eigenvalue weighted by molar-refractivity contribution is 9.10. The molecule has 0 saturated carbocycles. The zero-order chi connectivity index (χ0) is 9.42. The third kappa shape index (κ3) is 1.46. The predicted octanol–water partition coefficient (Wildman–Crippen LogP) is 3.25. The van der Waals surface area contributed by atoms with Crippen molar-refractivity contribution in [1.82, 2.24) is 0 Å². The van der Waals surface area contributed by atoms with E-state index in [0.717, 1.165) is 36.2 Å². The number of anilines is 1. The van der Waals surface area contributed by atoms with Crippen molar-refractivity contribution in [2.75, 3.05) is 11.9 Å². The summed E-state index contributed by atoms with van der Waals surface area (Å²) < 4.78 is 14.2. The molecule has 1 aliphatic rings. The normalized spacial score (nSPS) is 15.0. The fourth-order valence-corrected chi connectivity index (χ4v) is 2.36. The van der Waals surface area contributed by atoms with Gasteiger partial charge in [0.15, 0.2) is 0 Å². The van der Waals surface area contributed by atoms with Gasteiger partial charge in [-0.05, 0) is 47.3 Å². The highest BCUT2D eigenvalue weighted by Gasteiger charge is 2.17. The van der Waals surface area contributed by atoms with Crippen LogP contribution in [0, 0.1) is 12.7 Å². The van der Waals surface area contributed by atoms with Crippen molar-refractivity contribution >= 4 is 21.6 Å². The lowest BCUT2D eigenvalue weighted by molar-refractivity contribution is 0.595. The van der Waals surface area contributed by atoms with Crippen LogP contribution in [0.15, 0.2) is 10.5 Å². The van der Waals surface area contributed by atoms with Gasteiger partial charge in [-0.25, -0.2) is 4.39 Å². The standard InChI is InChI=1S/C10H11BrFN/c1-6-5-8(11)9(12)7-3-2-4-13-10(6)7/h5,13H,2-4H2,1H3. The third-order valence-electron chi connectivity index (χ3n) is 2.42. The lowest BCUT2D eigenvalue weighted by Gasteiger charge is -2.21. The summed E-state index contributed by atoms with van der Waals surface area (Å²) in [7, 11) is 0. The van der Waals surface area contributed by atoms with Crippen LogP contribution in [0.3, 0.4) is 0 Å². The summed E-state index contributed by atoms with van der Waals surface area (Å²) >= 11 is 3.22. The maximum atomic E-state index is 13.6. The lowest BCUT2D eigenvalue weighted by Crippen LogP contribution is -2.14. The molecule has 2 rings (SSSR count). The Morgan fingerprint density at radius 2 is 2.31 bits per heavy atom. The molecule has 0 aromatic heterocycles. The molecule has 1 N–H and O–H groups in total. The summed E-state index contributed by atoms with van der Waals surface area (Å²) in [6, 6.07) is 1.83. The topological polar surface area (TPSA) is 12.0 Å². The predicted molar refractivity (Wildman–Crippen MR) is 55.6 cm³/mol. The van der Waals surface area contributed by atoms with Crippen LogP contribution in [0.5, 0.6) is 0 Å². The monoisotopic (exact) mass is 243 g/mol. The largest absolute Gasteiger partial charge is 0.385 e. The van der Waals surface area contributed by atoms with Gasteiger partial charge in [0.1, 0.15) is 5.82 Å². The van der Waals surface area contributed by atoms with E-state index >= 15 is 0 Å². The van der Waals surface area contributed by atoms with Crippen molar-refractivity contribution in [2.24, 2.45) is 0 Å². The van der Waals surface area contributed by atoms with Gasteiger partial charge in [-0.15, -0.1) is 0 Å². The van der Waals surface area contributed by atoms with E-state index in [2.05, 4.69) is 21.2 Å². The van der Waals surface area contributed by atoms with Gasteiger partial charge in [0.05, 0.1) is 4.47 Å². The molecule has 0 radical (unpaired) electrons. The van der Waals surface area contributed by atoms with Crippen LogP contribution in [0.1, 0.15) is 17.5 Å². The number of aryl methyl sites for hydroxylation is 1. The molecule has 0 unspecified atom stereocenters.